The third kappa shape index (κ3) is 53.4. The predicted octanol–water partition coefficient (Wildman–Crippen LogP) is -0.146. The van der Waals surface area contributed by atoms with Gasteiger partial charge in [-0.3, -0.25) is 47.9 Å². The van der Waals surface area contributed by atoms with Crippen LogP contribution >= 0.6 is 11.8 Å². The number of aliphatic hydroxyl groups excluding tert-OH is 3. The van der Waals surface area contributed by atoms with E-state index in [4.69, 9.17) is 80.5 Å². The third-order valence-corrected chi connectivity index (χ3v) is 23.0. The van der Waals surface area contributed by atoms with Gasteiger partial charge in [0.2, 0.25) is 53.2 Å². The minimum atomic E-state index is -1.66. The van der Waals surface area contributed by atoms with Crippen LogP contribution < -0.4 is 42.5 Å². The van der Waals surface area contributed by atoms with E-state index in [1.165, 1.54) is 38.3 Å². The number of phenolic OH excluding ortho intramolecular Hbond substituents is 1. The van der Waals surface area contributed by atoms with Crippen molar-refractivity contribution < 1.29 is 159 Å². The molecule has 0 radical (unpaired) electrons. The molecular weight excluding hydrogens is 1840 g/mol. The van der Waals surface area contributed by atoms with E-state index in [2.05, 4.69) is 52.4 Å². The van der Waals surface area contributed by atoms with E-state index in [0.29, 0.717) is 188 Å². The second kappa shape index (κ2) is 74.4. The van der Waals surface area contributed by atoms with Crippen LogP contribution in [0.2, 0.25) is 0 Å². The van der Waals surface area contributed by atoms with E-state index >= 15 is 0 Å². The minimum Gasteiger partial charge on any atom is -0.508 e. The summed E-state index contributed by atoms with van der Waals surface area (Å²) in [7, 11) is 1.44. The maximum absolute atomic E-state index is 14.3. The number of nitrogens with zero attached hydrogens (tertiary/aromatic N) is 2. The van der Waals surface area contributed by atoms with E-state index in [1.807, 2.05) is 36.9 Å². The van der Waals surface area contributed by atoms with Crippen LogP contribution in [0.4, 0.5) is 0 Å². The first kappa shape index (κ1) is 121. The lowest BCUT2D eigenvalue weighted by Crippen LogP contribution is -2.62. The number of carbonyl (C=O) groups is 11. The van der Waals surface area contributed by atoms with Crippen LogP contribution in [0.25, 0.3) is 10.9 Å². The number of hydrogen-bond acceptors (Lipinski definition) is 34. The lowest BCUT2D eigenvalue weighted by atomic mass is 10.0. The van der Waals surface area contributed by atoms with Gasteiger partial charge in [0.05, 0.1) is 204 Å². The van der Waals surface area contributed by atoms with Gasteiger partial charge in [-0.25, -0.2) is 4.79 Å². The quantitative estimate of drug-likeness (QED) is 0.0199. The molecule has 790 valence electrons. The van der Waals surface area contributed by atoms with Gasteiger partial charge in [0.1, 0.15) is 61.3 Å². The molecule has 2 aromatic carbocycles. The van der Waals surface area contributed by atoms with Gasteiger partial charge in [0.15, 0.2) is 6.29 Å². The Labute approximate surface area is 818 Å². The Morgan fingerprint density at radius 3 is 1.58 bits per heavy atom. The summed E-state index contributed by atoms with van der Waals surface area (Å²) in [5.41, 5.74) is 1.86. The van der Waals surface area contributed by atoms with Gasteiger partial charge < -0.3 is 163 Å². The van der Waals surface area contributed by atoms with E-state index in [1.54, 1.807) is 40.0 Å². The van der Waals surface area contributed by atoms with Crippen molar-refractivity contribution in [3.05, 3.63) is 65.9 Å². The number of para-hydroxylation sites is 1. The number of amides is 9. The van der Waals surface area contributed by atoms with Gasteiger partial charge in [-0.2, -0.15) is 11.8 Å². The molecular formula is C94H155N11O33S. The standard InChI is InChI=1S/C94H155N11O33S/c1-8-72(62-106)138-85(122-7)65-137-84(113)17-11-16-81(110)95-24-28-104-27-22-73(61-104)139-56-55-135-52-51-134-50-49-133-48-47-132-46-45-131-44-43-130-42-41-129-40-39-128-38-37-127-36-35-126-34-33-125-32-31-123-29-23-82(111)96-25-30-124-53-54-136-64-83(112)98-76(57-66(2)3)89(115)103-87(68(6)108)92(118)102-86(67(4)5)91(117)101-79(63-107)93(119)105-26-12-15-80(105)90(116)99-77(59-70-60-97-75-14-10-9-13-74(70)75)88(114)100-78(94(120)121)58-69-18-20-71(109)21-19-69/h9-10,13-14,18-21,60,66-68,72-73,76-80,85-87,97,106-109H,8,11-12,15-17,22-59,61-65H2,1-7H3,(H,95,110)(H,96,111)(H,98,112)(H,99,116)(H,100,114)(H,101,117)(H,102,118)(H,103,115)(H,120,121)/t68-,72?,73?,76+,77+,78+,79+,80+,85?,86+,87+/m1/s1. The lowest BCUT2D eigenvalue weighted by Gasteiger charge is -2.31. The Morgan fingerprint density at radius 1 is 0.518 bits per heavy atom. The summed E-state index contributed by atoms with van der Waals surface area (Å²) in [4.78, 5) is 154. The second-order valence-electron chi connectivity index (χ2n) is 33.6. The van der Waals surface area contributed by atoms with Crippen molar-refractivity contribution in [3.8, 4) is 5.75 Å². The van der Waals surface area contributed by atoms with Crippen molar-refractivity contribution in [1.82, 2.24) is 57.3 Å². The van der Waals surface area contributed by atoms with Gasteiger partial charge in [-0.1, -0.05) is 65.0 Å². The number of ether oxygens (including phenoxy) is 17. The Bertz CT molecular complexity index is 3920. The van der Waals surface area contributed by atoms with E-state index in [0.717, 1.165) is 47.6 Å². The first-order chi connectivity index (χ1) is 67.2. The van der Waals surface area contributed by atoms with Crippen molar-refractivity contribution in [2.75, 3.05) is 257 Å². The zero-order valence-corrected chi connectivity index (χ0v) is 82.6. The molecule has 0 saturated carbocycles. The summed E-state index contributed by atoms with van der Waals surface area (Å²) in [5.74, 6) is -8.02. The summed E-state index contributed by atoms with van der Waals surface area (Å²) in [6.45, 7) is 22.0. The number of aliphatic carboxylic acids is 1. The van der Waals surface area contributed by atoms with Crippen LogP contribution in [0.15, 0.2) is 54.7 Å². The number of nitrogens with one attached hydrogen (secondary N) is 9. The fourth-order valence-electron chi connectivity index (χ4n) is 14.2. The number of carbonyl (C=O) groups excluding carboxylic acids is 10. The second-order valence-corrected chi connectivity index (χ2v) is 35.0. The molecule has 45 heteroatoms. The van der Waals surface area contributed by atoms with E-state index < -0.39 is 133 Å². The molecule has 44 nitrogen and oxygen atoms in total. The Hall–Kier alpha value is -8.50. The molecule has 0 spiro atoms. The molecule has 1 aromatic heterocycles. The van der Waals surface area contributed by atoms with Crippen LogP contribution in [-0.2, 0) is 146 Å². The Morgan fingerprint density at radius 2 is 1.04 bits per heavy atom. The van der Waals surface area contributed by atoms with Gasteiger partial charge >= 0.3 is 11.9 Å². The highest BCUT2D eigenvalue weighted by molar-refractivity contribution is 7.99. The van der Waals surface area contributed by atoms with Crippen LogP contribution in [-0.4, -0.2) is 428 Å². The molecule has 0 bridgehead atoms. The number of rotatable bonds is 84. The molecule has 14 N–H and O–H groups in total. The molecule has 5 rings (SSSR count). The predicted molar refractivity (Wildman–Crippen MR) is 508 cm³/mol. The van der Waals surface area contributed by atoms with Crippen molar-refractivity contribution in [1.29, 1.82) is 0 Å². The maximum Gasteiger partial charge on any atom is 0.326 e. The molecule has 2 aliphatic rings. The minimum absolute atomic E-state index is 0.00781. The van der Waals surface area contributed by atoms with E-state index in [-0.39, 0.29) is 128 Å². The van der Waals surface area contributed by atoms with Crippen molar-refractivity contribution in [2.45, 2.75) is 178 Å². The highest BCUT2D eigenvalue weighted by atomic mass is 32.2. The summed E-state index contributed by atoms with van der Waals surface area (Å²) < 4.78 is 93.7. The molecule has 2 fully saturated rings. The summed E-state index contributed by atoms with van der Waals surface area (Å²) in [6, 6.07) is 3.04. The fourth-order valence-corrected chi connectivity index (χ4v) is 15.3. The number of aromatic amines is 1. The molecule has 2 aliphatic heterocycles. The van der Waals surface area contributed by atoms with Gasteiger partial charge in [-0.05, 0) is 93.2 Å². The average molecular weight is 2000 g/mol. The first-order valence-electron chi connectivity index (χ1n) is 48.1. The number of hydrogen-bond donors (Lipinski definition) is 14. The number of aliphatic hydroxyl groups is 3. The number of aromatic nitrogens is 1. The van der Waals surface area contributed by atoms with Crippen LogP contribution in [0.3, 0.4) is 0 Å². The molecule has 2 saturated heterocycles. The molecule has 9 amide bonds. The largest absolute Gasteiger partial charge is 0.508 e. The lowest BCUT2D eigenvalue weighted by molar-refractivity contribution is -0.194. The number of phenols is 1. The normalized spacial score (nSPS) is 15.9. The Kier molecular flexibility index (Phi) is 64.8. The number of esters is 1. The van der Waals surface area contributed by atoms with Crippen molar-refractivity contribution >= 4 is 87.8 Å². The van der Waals surface area contributed by atoms with Gasteiger partial charge in [0, 0.05) is 100 Å². The van der Waals surface area contributed by atoms with Crippen LogP contribution in [0, 0.1) is 11.8 Å². The smallest absolute Gasteiger partial charge is 0.326 e. The Balaban J connectivity index is 0.769. The zero-order chi connectivity index (χ0) is 101. The zero-order valence-electron chi connectivity index (χ0n) is 81.8. The van der Waals surface area contributed by atoms with E-state index in [9.17, 15) is 78.3 Å². The fraction of sp³-hybridized carbons (Fsp3) is 0.734. The number of fused-ring (bicyclic) bond motifs is 1. The number of aromatic hydroxyl groups is 1. The highest BCUT2D eigenvalue weighted by Crippen LogP contribution is 2.25. The van der Waals surface area contributed by atoms with Gasteiger partial charge in [-0.15, -0.1) is 0 Å². The molecule has 3 unspecified atom stereocenters. The number of carboxylic acids is 1. The third-order valence-electron chi connectivity index (χ3n) is 21.8. The topological polar surface area (TPSA) is 564 Å². The van der Waals surface area contributed by atoms with Crippen molar-refractivity contribution in [2.24, 2.45) is 11.8 Å². The summed E-state index contributed by atoms with van der Waals surface area (Å²) in [5, 5.41) is 73.0. The SMILES string of the molecule is CCC(CO)OC(COC(=O)CCCC(=O)NCCN1CCC(SCCOCCOCCOCCOCCOCCOCCOCCOCCOCCOCCOCCOCCC(=O)NCCOCCOCC(=O)N[C@@H](CC(C)C)C(=O)N[C@H](C(=O)N[C@H](C(=O)N[C@@H](CO)C(=O)N2CCC[C@H]2C(=O)N[C@@H](Cc2c[nH]c3ccccc23)C(=O)N[C@@H](Cc2ccc(O)cc2)C(=O)O)C(C)C)[C@@H](C)O)C1)OC. The molecule has 139 heavy (non-hydrogen) atoms. The van der Waals surface area contributed by atoms with Crippen LogP contribution in [0.5, 0.6) is 5.75 Å². The number of carboxylic acid groups (broad SMARTS) is 1. The summed E-state index contributed by atoms with van der Waals surface area (Å²) >= 11 is 1.90. The average Bonchev–Trinajstić information content (AvgIpc) is 1.80. The molecule has 3 heterocycles. The van der Waals surface area contributed by atoms with Crippen molar-refractivity contribution in [3.63, 3.8) is 0 Å². The first-order valence-corrected chi connectivity index (χ1v) is 49.2. The molecule has 3 aromatic rings. The monoisotopic (exact) mass is 2000 g/mol. The van der Waals surface area contributed by atoms with Gasteiger partial charge in [0.25, 0.3) is 0 Å². The highest BCUT2D eigenvalue weighted by Gasteiger charge is 2.42. The number of H-pyrrole nitrogens is 1. The number of thioether (sulfide) groups is 1. The molecule has 11 atom stereocenters. The maximum atomic E-state index is 14.3. The number of benzene rings is 2. The summed E-state index contributed by atoms with van der Waals surface area (Å²) in [6.07, 6.45) is 1.78. The molecule has 0 aliphatic carbocycles. The number of likely N-dealkylation sites (tertiary alicyclic amines) is 2. The van der Waals surface area contributed by atoms with Crippen LogP contribution in [0.1, 0.15) is 110 Å². The number of methoxy groups -OCH3 is 1.